The van der Waals surface area contributed by atoms with Crippen LogP contribution >= 0.6 is 11.3 Å². The summed E-state index contributed by atoms with van der Waals surface area (Å²) in [4.78, 5) is 41.7. The minimum atomic E-state index is -0.622. The number of amides is 2. The second kappa shape index (κ2) is 12.0. The molecule has 35 heavy (non-hydrogen) atoms. The van der Waals surface area contributed by atoms with Gasteiger partial charge in [0.15, 0.2) is 5.57 Å². The van der Waals surface area contributed by atoms with Crippen LogP contribution in [0.4, 0.5) is 11.4 Å². The Bertz CT molecular complexity index is 1360. The van der Waals surface area contributed by atoms with E-state index in [2.05, 4.69) is 21.5 Å². The molecular formula is C25H28N6O3S. The maximum absolute atomic E-state index is 12.9. The molecule has 3 rings (SSSR count). The average molecular weight is 493 g/mol. The van der Waals surface area contributed by atoms with E-state index in [0.717, 1.165) is 43.0 Å². The smallest absolute Gasteiger partial charge is 0.270 e. The molecular weight excluding hydrogens is 464 g/mol. The number of carbonyl (C=O) groups excluding carboxylic acids is 2. The lowest BCUT2D eigenvalue weighted by Gasteiger charge is -2.21. The van der Waals surface area contributed by atoms with E-state index in [9.17, 15) is 19.6 Å². The number of likely N-dealkylation sites (tertiary alicyclic amines) is 1. The predicted molar refractivity (Wildman–Crippen MR) is 138 cm³/mol. The lowest BCUT2D eigenvalue weighted by molar-refractivity contribution is -0.119. The number of terminal acetylenes is 1. The molecule has 1 fully saturated rings. The normalized spacial score (nSPS) is 14.7. The van der Waals surface area contributed by atoms with Gasteiger partial charge in [-0.25, -0.2) is 0 Å². The molecule has 0 bridgehead atoms. The average Bonchev–Trinajstić information content (AvgIpc) is 3.48. The molecule has 1 aliphatic heterocycles. The van der Waals surface area contributed by atoms with Gasteiger partial charge < -0.3 is 15.5 Å². The summed E-state index contributed by atoms with van der Waals surface area (Å²) in [6, 6.07) is 9.21. The zero-order valence-electron chi connectivity index (χ0n) is 19.8. The van der Waals surface area contributed by atoms with Crippen molar-refractivity contribution in [1.29, 1.82) is 5.26 Å². The Hall–Kier alpha value is -3.86. The van der Waals surface area contributed by atoms with Gasteiger partial charge in [0.25, 0.3) is 11.5 Å². The number of thiazole rings is 1. The molecule has 9 nitrogen and oxygen atoms in total. The summed E-state index contributed by atoms with van der Waals surface area (Å²) in [5.74, 6) is 1.68. The van der Waals surface area contributed by atoms with Crippen molar-refractivity contribution in [3.8, 4) is 18.4 Å². The van der Waals surface area contributed by atoms with Crippen LogP contribution in [0.3, 0.4) is 0 Å². The van der Waals surface area contributed by atoms with E-state index in [1.54, 1.807) is 25.1 Å². The fraction of sp³-hybridized carbons (Fsp3) is 0.360. The highest BCUT2D eigenvalue weighted by Crippen LogP contribution is 2.19. The van der Waals surface area contributed by atoms with E-state index in [0.29, 0.717) is 23.3 Å². The number of nitrogens with one attached hydrogen (secondary N) is 2. The first-order valence-corrected chi connectivity index (χ1v) is 12.1. The minimum Gasteiger partial charge on any atom is -0.360 e. The van der Waals surface area contributed by atoms with Crippen LogP contribution in [0.25, 0.3) is 11.8 Å². The van der Waals surface area contributed by atoms with Gasteiger partial charge in [0.05, 0.1) is 13.1 Å². The molecule has 0 atom stereocenters. The molecule has 2 heterocycles. The Morgan fingerprint density at radius 1 is 1.31 bits per heavy atom. The standard InChI is InChI=1S/C25H28N6O3S/c1-4-11-27-23(33)20(15-26)25-31(5-2)24(34)21(35-25)16-28-18-9-8-10-19(14-18)29(3)22(32)17-30-12-6-7-13-30/h1,8-10,14,16,28H,5-7,11-13,17H2,2-3H3,(H,27,33). The summed E-state index contributed by atoms with van der Waals surface area (Å²) in [6.45, 7) is 4.34. The third-order valence-corrected chi connectivity index (χ3v) is 6.79. The van der Waals surface area contributed by atoms with Crippen LogP contribution in [0.15, 0.2) is 29.1 Å². The van der Waals surface area contributed by atoms with Gasteiger partial charge in [-0.05, 0) is 51.1 Å². The molecule has 1 aromatic carbocycles. The molecule has 0 radical (unpaired) electrons. The third-order valence-electron chi connectivity index (χ3n) is 5.66. The Balaban J connectivity index is 1.86. The summed E-state index contributed by atoms with van der Waals surface area (Å²) >= 11 is 1.05. The van der Waals surface area contributed by atoms with Gasteiger partial charge in [-0.15, -0.1) is 17.8 Å². The Morgan fingerprint density at radius 2 is 2.06 bits per heavy atom. The third kappa shape index (κ3) is 6.18. The van der Waals surface area contributed by atoms with Crippen molar-refractivity contribution in [2.45, 2.75) is 26.3 Å². The van der Waals surface area contributed by atoms with Gasteiger partial charge in [-0.2, -0.15) is 5.26 Å². The van der Waals surface area contributed by atoms with Crippen molar-refractivity contribution in [3.63, 3.8) is 0 Å². The molecule has 1 aromatic heterocycles. The van der Waals surface area contributed by atoms with E-state index in [1.807, 2.05) is 30.3 Å². The van der Waals surface area contributed by atoms with Crippen molar-refractivity contribution >= 4 is 46.3 Å². The number of nitrogens with zero attached hydrogens (tertiary/aromatic N) is 4. The number of carbonyl (C=O) groups is 2. The largest absolute Gasteiger partial charge is 0.360 e. The molecule has 182 valence electrons. The van der Waals surface area contributed by atoms with Crippen molar-refractivity contribution in [1.82, 2.24) is 14.8 Å². The van der Waals surface area contributed by atoms with Gasteiger partial charge in [0.1, 0.15) is 15.3 Å². The van der Waals surface area contributed by atoms with Crippen LogP contribution in [0, 0.1) is 23.7 Å². The quantitative estimate of drug-likeness (QED) is 0.512. The maximum atomic E-state index is 12.9. The van der Waals surface area contributed by atoms with E-state index in [1.165, 1.54) is 4.57 Å². The molecule has 0 aliphatic carbocycles. The van der Waals surface area contributed by atoms with E-state index >= 15 is 0 Å². The SMILES string of the molecule is C#CCNC(=O)C(C#N)=c1sc(=CNc2cccc(N(C)C(=O)CN3CCCC3)c2)c(=O)n1CC. The second-order valence-electron chi connectivity index (χ2n) is 7.97. The highest BCUT2D eigenvalue weighted by molar-refractivity contribution is 7.07. The first-order valence-electron chi connectivity index (χ1n) is 11.3. The molecule has 2 N–H and O–H groups in total. The van der Waals surface area contributed by atoms with Crippen LogP contribution in [-0.2, 0) is 16.1 Å². The van der Waals surface area contributed by atoms with Crippen LogP contribution < -0.4 is 30.3 Å². The summed E-state index contributed by atoms with van der Waals surface area (Å²) in [6.07, 6.45) is 8.96. The number of hydrogen-bond acceptors (Lipinski definition) is 7. The molecule has 0 saturated carbocycles. The number of likely N-dealkylation sites (N-methyl/N-ethyl adjacent to an activating group) is 1. The summed E-state index contributed by atoms with van der Waals surface area (Å²) in [7, 11) is 1.75. The summed E-state index contributed by atoms with van der Waals surface area (Å²) in [5.41, 5.74) is 0.947. The van der Waals surface area contributed by atoms with Gasteiger partial charge in [0.2, 0.25) is 5.91 Å². The first-order chi connectivity index (χ1) is 16.9. The lowest BCUT2D eigenvalue weighted by atomic mass is 10.2. The fourth-order valence-electron chi connectivity index (χ4n) is 3.74. The topological polar surface area (TPSA) is 110 Å². The van der Waals surface area contributed by atoms with Crippen LogP contribution in [-0.4, -0.2) is 54.5 Å². The number of nitriles is 1. The number of rotatable bonds is 8. The molecule has 1 aliphatic rings. The first kappa shape index (κ1) is 25.8. The number of anilines is 2. The fourth-order valence-corrected chi connectivity index (χ4v) is 4.83. The number of aromatic nitrogens is 1. The van der Waals surface area contributed by atoms with Gasteiger partial charge in [0, 0.05) is 31.2 Å². The van der Waals surface area contributed by atoms with Crippen LogP contribution in [0.1, 0.15) is 19.8 Å². The summed E-state index contributed by atoms with van der Waals surface area (Å²) in [5, 5.41) is 15.1. The molecule has 10 heteroatoms. The van der Waals surface area contributed by atoms with E-state index in [4.69, 9.17) is 6.42 Å². The zero-order valence-corrected chi connectivity index (χ0v) is 20.7. The number of benzene rings is 1. The maximum Gasteiger partial charge on any atom is 0.270 e. The molecule has 2 amide bonds. The Labute approximate surface area is 208 Å². The summed E-state index contributed by atoms with van der Waals surface area (Å²) < 4.78 is 1.99. The van der Waals surface area contributed by atoms with Crippen LogP contribution in [0.5, 0.6) is 0 Å². The van der Waals surface area contributed by atoms with Gasteiger partial charge in [-0.1, -0.05) is 12.0 Å². The molecule has 2 aromatic rings. The highest BCUT2D eigenvalue weighted by atomic mass is 32.1. The van der Waals surface area contributed by atoms with Gasteiger partial charge in [-0.3, -0.25) is 23.9 Å². The monoisotopic (exact) mass is 492 g/mol. The highest BCUT2D eigenvalue weighted by Gasteiger charge is 2.19. The predicted octanol–water partition coefficient (Wildman–Crippen LogP) is 0.262. The van der Waals surface area contributed by atoms with Crippen molar-refractivity contribution in [2.24, 2.45) is 0 Å². The molecule has 0 spiro atoms. The lowest BCUT2D eigenvalue weighted by Crippen LogP contribution is -2.37. The minimum absolute atomic E-state index is 0.0163. The van der Waals surface area contributed by atoms with Crippen molar-refractivity contribution < 1.29 is 9.59 Å². The van der Waals surface area contributed by atoms with Crippen LogP contribution in [0.2, 0.25) is 0 Å². The van der Waals surface area contributed by atoms with Crippen molar-refractivity contribution in [3.05, 3.63) is 43.8 Å². The van der Waals surface area contributed by atoms with E-state index < -0.39 is 5.91 Å². The van der Waals surface area contributed by atoms with E-state index in [-0.39, 0.29) is 28.2 Å². The Morgan fingerprint density at radius 3 is 2.71 bits per heavy atom. The molecule has 1 saturated heterocycles. The zero-order chi connectivity index (χ0) is 25.4. The Kier molecular flexibility index (Phi) is 8.85. The molecule has 0 unspecified atom stereocenters. The van der Waals surface area contributed by atoms with Gasteiger partial charge >= 0.3 is 0 Å². The van der Waals surface area contributed by atoms with Crippen molar-refractivity contribution in [2.75, 3.05) is 43.4 Å². The second-order valence-corrected chi connectivity index (χ2v) is 9.00. The number of hydrogen-bond donors (Lipinski definition) is 2.